The van der Waals surface area contributed by atoms with E-state index >= 15 is 0 Å². The van der Waals surface area contributed by atoms with E-state index in [1.54, 1.807) is 4.90 Å². The molecule has 1 fully saturated rings. The van der Waals surface area contributed by atoms with E-state index in [1.807, 2.05) is 24.4 Å². The standard InChI is InChI=1S/C16H21N7O/c17-15(21-18)20-16(24)23-7-5-22(6-8-23)11-12-9-13-3-1-2-4-14(13)19-10-12/h1-4,9-10H,5-8,11,18H2,(H3,17,20,21,24). The van der Waals surface area contributed by atoms with E-state index in [9.17, 15) is 4.79 Å². The molecule has 0 bridgehead atoms. The van der Waals surface area contributed by atoms with Gasteiger partial charge < -0.3 is 16.5 Å². The van der Waals surface area contributed by atoms with Crippen molar-refractivity contribution in [3.63, 3.8) is 0 Å². The van der Waals surface area contributed by atoms with Crippen LogP contribution in [0.4, 0.5) is 4.79 Å². The number of hydrogen-bond acceptors (Lipinski definition) is 5. The first kappa shape index (κ1) is 16.0. The molecule has 1 aromatic heterocycles. The Kier molecular flexibility index (Phi) is 4.76. The van der Waals surface area contributed by atoms with Gasteiger partial charge in [-0.3, -0.25) is 15.2 Å². The van der Waals surface area contributed by atoms with Gasteiger partial charge in [0.1, 0.15) is 0 Å². The van der Waals surface area contributed by atoms with E-state index < -0.39 is 0 Å². The van der Waals surface area contributed by atoms with Gasteiger partial charge in [-0.2, -0.15) is 0 Å². The molecular weight excluding hydrogens is 306 g/mol. The van der Waals surface area contributed by atoms with Crippen LogP contribution < -0.4 is 16.9 Å². The zero-order valence-corrected chi connectivity index (χ0v) is 13.4. The topological polar surface area (TPSA) is 113 Å². The van der Waals surface area contributed by atoms with Gasteiger partial charge in [0.15, 0.2) is 0 Å². The number of carbonyl (C=O) groups is 1. The monoisotopic (exact) mass is 327 g/mol. The lowest BCUT2D eigenvalue weighted by molar-refractivity contribution is 0.138. The van der Waals surface area contributed by atoms with E-state index in [0.717, 1.165) is 30.5 Å². The lowest BCUT2D eigenvalue weighted by atomic mass is 10.1. The third-order valence-corrected chi connectivity index (χ3v) is 4.09. The number of hydrogen-bond donors (Lipinski definition) is 3. The maximum atomic E-state index is 11.9. The van der Waals surface area contributed by atoms with Gasteiger partial charge in [-0.1, -0.05) is 18.2 Å². The smallest absolute Gasteiger partial charge is 0.324 e. The molecule has 0 unspecified atom stereocenters. The van der Waals surface area contributed by atoms with Gasteiger partial charge in [-0.15, -0.1) is 5.10 Å². The molecule has 5 N–H and O–H groups in total. The molecule has 2 aromatic rings. The molecule has 0 aliphatic carbocycles. The van der Waals surface area contributed by atoms with Gasteiger partial charge in [0.2, 0.25) is 5.96 Å². The van der Waals surface area contributed by atoms with E-state index in [0.29, 0.717) is 13.1 Å². The Bertz CT molecular complexity index is 753. The van der Waals surface area contributed by atoms with Crippen LogP contribution in [-0.2, 0) is 6.54 Å². The Balaban J connectivity index is 1.55. The number of aromatic nitrogens is 1. The van der Waals surface area contributed by atoms with Crippen LogP contribution >= 0.6 is 0 Å². The number of benzene rings is 1. The molecule has 24 heavy (non-hydrogen) atoms. The quantitative estimate of drug-likeness (QED) is 0.317. The van der Waals surface area contributed by atoms with Crippen LogP contribution in [0.1, 0.15) is 5.56 Å². The second-order valence-electron chi connectivity index (χ2n) is 5.74. The molecule has 2 heterocycles. The molecule has 1 aliphatic rings. The third kappa shape index (κ3) is 3.72. The summed E-state index contributed by atoms with van der Waals surface area (Å²) in [4.78, 5) is 20.4. The van der Waals surface area contributed by atoms with Crippen LogP contribution in [0.5, 0.6) is 0 Å². The number of hydrazone groups is 1. The lowest BCUT2D eigenvalue weighted by Gasteiger charge is -2.34. The summed E-state index contributed by atoms with van der Waals surface area (Å²) >= 11 is 0. The van der Waals surface area contributed by atoms with Crippen molar-refractivity contribution < 1.29 is 4.79 Å². The molecule has 2 amide bonds. The lowest BCUT2D eigenvalue weighted by Crippen LogP contribution is -2.53. The van der Waals surface area contributed by atoms with Crippen molar-refractivity contribution in [2.75, 3.05) is 26.2 Å². The molecule has 0 atom stereocenters. The number of fused-ring (bicyclic) bond motifs is 1. The van der Waals surface area contributed by atoms with Gasteiger partial charge in [0.25, 0.3) is 0 Å². The fraction of sp³-hybridized carbons (Fsp3) is 0.312. The van der Waals surface area contributed by atoms with Crippen molar-refractivity contribution in [2.45, 2.75) is 6.54 Å². The molecule has 0 saturated carbocycles. The summed E-state index contributed by atoms with van der Waals surface area (Å²) in [6, 6.07) is 9.97. The Morgan fingerprint density at radius 1 is 1.25 bits per heavy atom. The molecular formula is C16H21N7O. The minimum absolute atomic E-state index is 0.0790. The highest BCUT2D eigenvalue weighted by molar-refractivity contribution is 5.95. The molecule has 1 saturated heterocycles. The number of nitrogens with zero attached hydrogens (tertiary/aromatic N) is 4. The van der Waals surface area contributed by atoms with Gasteiger partial charge in [-0.05, 0) is 17.7 Å². The Labute approximate surface area is 140 Å². The normalized spacial score (nSPS) is 16.3. The minimum atomic E-state index is -0.270. The van der Waals surface area contributed by atoms with Crippen LogP contribution in [0.3, 0.4) is 0 Å². The van der Waals surface area contributed by atoms with E-state index in [2.05, 4.69) is 32.4 Å². The summed E-state index contributed by atoms with van der Waals surface area (Å²) < 4.78 is 0. The summed E-state index contributed by atoms with van der Waals surface area (Å²) in [6.07, 6.45) is 1.92. The van der Waals surface area contributed by atoms with E-state index in [-0.39, 0.29) is 12.0 Å². The number of rotatable bonds is 2. The van der Waals surface area contributed by atoms with Gasteiger partial charge in [-0.25, -0.2) is 4.79 Å². The maximum Gasteiger partial charge on any atom is 0.324 e. The summed E-state index contributed by atoms with van der Waals surface area (Å²) in [5, 5.41) is 6.83. The predicted molar refractivity (Wildman–Crippen MR) is 92.9 cm³/mol. The molecule has 1 aromatic carbocycles. The maximum absolute atomic E-state index is 11.9. The van der Waals surface area contributed by atoms with Crippen molar-refractivity contribution in [1.29, 1.82) is 0 Å². The molecule has 0 radical (unpaired) electrons. The molecule has 3 rings (SSSR count). The highest BCUT2D eigenvalue weighted by Crippen LogP contribution is 2.15. The first-order valence-corrected chi connectivity index (χ1v) is 7.81. The fourth-order valence-corrected chi connectivity index (χ4v) is 2.79. The molecule has 126 valence electrons. The largest absolute Gasteiger partial charge is 0.368 e. The Morgan fingerprint density at radius 3 is 2.75 bits per heavy atom. The van der Waals surface area contributed by atoms with Gasteiger partial charge in [0, 0.05) is 44.3 Å². The third-order valence-electron chi connectivity index (χ3n) is 4.09. The zero-order chi connectivity index (χ0) is 16.9. The van der Waals surface area contributed by atoms with Gasteiger partial charge >= 0.3 is 6.03 Å². The summed E-state index contributed by atoms with van der Waals surface area (Å²) in [5.41, 5.74) is 7.58. The van der Waals surface area contributed by atoms with Crippen LogP contribution in [-0.4, -0.2) is 53.0 Å². The van der Waals surface area contributed by atoms with Crippen LogP contribution in [0.2, 0.25) is 0 Å². The van der Waals surface area contributed by atoms with Crippen molar-refractivity contribution >= 4 is 22.9 Å². The Morgan fingerprint density at radius 2 is 2.00 bits per heavy atom. The fourth-order valence-electron chi connectivity index (χ4n) is 2.79. The zero-order valence-electron chi connectivity index (χ0n) is 13.4. The number of para-hydroxylation sites is 1. The number of piperazine rings is 1. The second-order valence-corrected chi connectivity index (χ2v) is 5.74. The predicted octanol–water partition coefficient (Wildman–Crippen LogP) is 0.250. The summed E-state index contributed by atoms with van der Waals surface area (Å²) in [6.45, 7) is 3.66. The number of carbonyl (C=O) groups excluding carboxylic acids is 1. The van der Waals surface area contributed by atoms with E-state index in [1.165, 1.54) is 5.56 Å². The molecule has 8 heteroatoms. The average molecular weight is 327 g/mol. The average Bonchev–Trinajstić information content (AvgIpc) is 2.62. The number of amides is 2. The number of guanidine groups is 1. The Hall–Kier alpha value is -2.87. The first-order chi connectivity index (χ1) is 11.7. The summed E-state index contributed by atoms with van der Waals surface area (Å²) in [5.74, 6) is 4.93. The van der Waals surface area contributed by atoms with Crippen molar-refractivity contribution in [1.82, 2.24) is 20.1 Å². The summed E-state index contributed by atoms with van der Waals surface area (Å²) in [7, 11) is 0. The van der Waals surface area contributed by atoms with Crippen LogP contribution in [0, 0.1) is 0 Å². The molecule has 0 spiro atoms. The number of pyridine rings is 1. The molecule has 8 nitrogen and oxygen atoms in total. The first-order valence-electron chi connectivity index (χ1n) is 7.81. The van der Waals surface area contributed by atoms with Crippen LogP contribution in [0.25, 0.3) is 10.9 Å². The minimum Gasteiger partial charge on any atom is -0.368 e. The second kappa shape index (κ2) is 7.14. The highest BCUT2D eigenvalue weighted by Gasteiger charge is 2.21. The molecule has 1 aliphatic heterocycles. The number of nitrogens with one attached hydrogen (secondary N) is 1. The number of nitrogens with two attached hydrogens (primary N) is 2. The highest BCUT2D eigenvalue weighted by atomic mass is 16.2. The SMILES string of the molecule is N/N=C(\N)NC(=O)N1CCN(Cc2cnc3ccccc3c2)CC1. The van der Waals surface area contributed by atoms with Gasteiger partial charge in [0.05, 0.1) is 5.52 Å². The van der Waals surface area contributed by atoms with Crippen molar-refractivity contribution in [2.24, 2.45) is 16.7 Å². The van der Waals surface area contributed by atoms with Crippen LogP contribution in [0.15, 0.2) is 41.6 Å². The van der Waals surface area contributed by atoms with E-state index in [4.69, 9.17) is 11.6 Å². The van der Waals surface area contributed by atoms with Crippen molar-refractivity contribution in [3.05, 3.63) is 42.1 Å². The number of urea groups is 1. The van der Waals surface area contributed by atoms with Crippen molar-refractivity contribution in [3.8, 4) is 0 Å².